The number of nitrogens with two attached hydrogens (primary N) is 1. The molecule has 1 heterocycles. The van der Waals surface area contributed by atoms with Crippen LogP contribution in [-0.4, -0.2) is 28.8 Å². The quantitative estimate of drug-likeness (QED) is 0.605. The molecule has 130 valence electrons. The van der Waals surface area contributed by atoms with Gasteiger partial charge in [-0.2, -0.15) is 0 Å². The summed E-state index contributed by atoms with van der Waals surface area (Å²) in [5.41, 5.74) is 6.92. The van der Waals surface area contributed by atoms with Crippen LogP contribution in [0.1, 0.15) is 35.9 Å². The van der Waals surface area contributed by atoms with Crippen LogP contribution in [-0.2, 0) is 11.3 Å². The van der Waals surface area contributed by atoms with Crippen LogP contribution in [0.4, 0.5) is 4.79 Å². The topological polar surface area (TPSA) is 97.5 Å². The number of nitrogens with zero attached hydrogens (tertiary/aromatic N) is 1. The zero-order chi connectivity index (χ0) is 17.2. The summed E-state index contributed by atoms with van der Waals surface area (Å²) in [5.74, 6) is 0. The Hall–Kier alpha value is -1.96. The first kappa shape index (κ1) is 18.4. The van der Waals surface area contributed by atoms with Crippen molar-refractivity contribution < 1.29 is 14.6 Å². The number of aliphatic hydroxyl groups excluding tert-OH is 1. The van der Waals surface area contributed by atoms with Gasteiger partial charge in [0.1, 0.15) is 17.7 Å². The van der Waals surface area contributed by atoms with E-state index in [2.05, 4.69) is 10.3 Å². The summed E-state index contributed by atoms with van der Waals surface area (Å²) < 4.78 is 5.12. The molecule has 4 N–H and O–H groups in total. The van der Waals surface area contributed by atoms with Gasteiger partial charge in [-0.1, -0.05) is 36.8 Å². The van der Waals surface area contributed by atoms with Crippen molar-refractivity contribution in [3.05, 3.63) is 52.5 Å². The van der Waals surface area contributed by atoms with E-state index in [9.17, 15) is 9.90 Å². The van der Waals surface area contributed by atoms with E-state index < -0.39 is 12.2 Å². The lowest BCUT2D eigenvalue weighted by Gasteiger charge is -2.16. The molecule has 0 bridgehead atoms. The predicted octanol–water partition coefficient (Wildman–Crippen LogP) is 2.60. The molecule has 6 nitrogen and oxygen atoms in total. The van der Waals surface area contributed by atoms with E-state index in [0.717, 1.165) is 18.4 Å². The van der Waals surface area contributed by atoms with E-state index in [4.69, 9.17) is 10.5 Å². The third-order valence-electron chi connectivity index (χ3n) is 3.56. The predicted molar refractivity (Wildman–Crippen MR) is 93.5 cm³/mol. The molecule has 0 saturated heterocycles. The lowest BCUT2D eigenvalue weighted by molar-refractivity contribution is 0.136. The summed E-state index contributed by atoms with van der Waals surface area (Å²) in [5, 5.41) is 15.2. The van der Waals surface area contributed by atoms with Crippen molar-refractivity contribution in [3.63, 3.8) is 0 Å². The molecule has 2 unspecified atom stereocenters. The third kappa shape index (κ3) is 6.27. The van der Waals surface area contributed by atoms with Gasteiger partial charge in [0.25, 0.3) is 0 Å². The Kier molecular flexibility index (Phi) is 7.67. The number of hydrogen-bond acceptors (Lipinski definition) is 6. The molecular weight excluding hydrogens is 326 g/mol. The minimum atomic E-state index is -0.728. The van der Waals surface area contributed by atoms with Gasteiger partial charge in [-0.05, 0) is 18.4 Å². The second-order valence-corrected chi connectivity index (χ2v) is 6.39. The maximum absolute atomic E-state index is 11.6. The largest absolute Gasteiger partial charge is 0.445 e. The van der Waals surface area contributed by atoms with E-state index in [1.807, 2.05) is 35.7 Å². The number of aromatic nitrogens is 1. The van der Waals surface area contributed by atoms with Crippen molar-refractivity contribution in [3.8, 4) is 0 Å². The van der Waals surface area contributed by atoms with Crippen molar-refractivity contribution in [2.24, 2.45) is 5.73 Å². The molecule has 0 fully saturated rings. The lowest BCUT2D eigenvalue weighted by atomic mass is 10.1. The first-order valence-corrected chi connectivity index (χ1v) is 8.82. The molecule has 1 aromatic carbocycles. The number of amides is 1. The summed E-state index contributed by atoms with van der Waals surface area (Å²) >= 11 is 1.40. The molecule has 2 rings (SSSR count). The minimum Gasteiger partial charge on any atom is -0.445 e. The van der Waals surface area contributed by atoms with Crippen molar-refractivity contribution in [2.75, 3.05) is 6.54 Å². The lowest BCUT2D eigenvalue weighted by Crippen LogP contribution is -2.29. The summed E-state index contributed by atoms with van der Waals surface area (Å²) in [6, 6.07) is 9.19. The maximum Gasteiger partial charge on any atom is 0.407 e. The number of nitrogens with one attached hydrogen (secondary N) is 1. The Morgan fingerprint density at radius 3 is 2.83 bits per heavy atom. The molecule has 0 radical (unpaired) electrons. The van der Waals surface area contributed by atoms with Gasteiger partial charge in [-0.25, -0.2) is 9.78 Å². The van der Waals surface area contributed by atoms with Gasteiger partial charge in [0, 0.05) is 24.2 Å². The molecular formula is C17H23N3O3S. The standard InChI is InChI=1S/C17H23N3O3S/c18-14(15(21)16-19-10-11-24-16)8-4-5-9-20-17(22)23-12-13-6-2-1-3-7-13/h1-3,6-7,10-11,14-15,21H,4-5,8-9,12,18H2,(H,20,22). The van der Waals surface area contributed by atoms with E-state index in [1.165, 1.54) is 11.3 Å². The van der Waals surface area contributed by atoms with Gasteiger partial charge in [0.2, 0.25) is 0 Å². The van der Waals surface area contributed by atoms with Crippen molar-refractivity contribution in [2.45, 2.75) is 38.0 Å². The van der Waals surface area contributed by atoms with Gasteiger partial charge in [0.15, 0.2) is 0 Å². The van der Waals surface area contributed by atoms with Crippen molar-refractivity contribution in [1.82, 2.24) is 10.3 Å². The minimum absolute atomic E-state index is 0.261. The number of alkyl carbamates (subject to hydrolysis) is 1. The fourth-order valence-electron chi connectivity index (χ4n) is 2.19. The highest BCUT2D eigenvalue weighted by Gasteiger charge is 2.18. The Balaban J connectivity index is 1.53. The molecule has 2 aromatic rings. The summed E-state index contributed by atoms with van der Waals surface area (Å²) in [4.78, 5) is 15.6. The van der Waals surface area contributed by atoms with Crippen LogP contribution in [0.5, 0.6) is 0 Å². The van der Waals surface area contributed by atoms with Crippen LogP contribution in [0.3, 0.4) is 0 Å². The number of thiazole rings is 1. The molecule has 0 spiro atoms. The third-order valence-corrected chi connectivity index (χ3v) is 4.40. The second-order valence-electron chi connectivity index (χ2n) is 5.46. The Labute approximate surface area is 145 Å². The zero-order valence-corrected chi connectivity index (χ0v) is 14.2. The summed E-state index contributed by atoms with van der Waals surface area (Å²) in [7, 11) is 0. The van der Waals surface area contributed by atoms with Crippen LogP contribution in [0.25, 0.3) is 0 Å². The maximum atomic E-state index is 11.6. The van der Waals surface area contributed by atoms with E-state index in [-0.39, 0.29) is 12.6 Å². The van der Waals surface area contributed by atoms with Gasteiger partial charge in [-0.15, -0.1) is 11.3 Å². The van der Waals surface area contributed by atoms with Crippen molar-refractivity contribution >= 4 is 17.4 Å². The number of carbonyl (C=O) groups is 1. The fourth-order valence-corrected chi connectivity index (χ4v) is 2.89. The molecule has 0 aliphatic rings. The number of carbonyl (C=O) groups excluding carboxylic acids is 1. The normalized spacial score (nSPS) is 13.2. The molecule has 0 aliphatic carbocycles. The number of aliphatic hydroxyl groups is 1. The molecule has 0 aliphatic heterocycles. The Morgan fingerprint density at radius 2 is 2.12 bits per heavy atom. The van der Waals surface area contributed by atoms with E-state index >= 15 is 0 Å². The second kappa shape index (κ2) is 10.0. The average Bonchev–Trinajstić information content (AvgIpc) is 3.14. The molecule has 1 amide bonds. The number of hydrogen-bond donors (Lipinski definition) is 3. The van der Waals surface area contributed by atoms with Crippen LogP contribution in [0.2, 0.25) is 0 Å². The highest BCUT2D eigenvalue weighted by atomic mass is 32.1. The highest BCUT2D eigenvalue weighted by molar-refractivity contribution is 7.09. The summed E-state index contributed by atoms with van der Waals surface area (Å²) in [6.45, 7) is 0.783. The molecule has 1 aromatic heterocycles. The first-order valence-electron chi connectivity index (χ1n) is 7.94. The van der Waals surface area contributed by atoms with Crippen LogP contribution in [0.15, 0.2) is 41.9 Å². The average molecular weight is 349 g/mol. The van der Waals surface area contributed by atoms with Crippen LogP contribution < -0.4 is 11.1 Å². The number of rotatable bonds is 9. The summed E-state index contributed by atoms with van der Waals surface area (Å²) in [6.07, 6.45) is 2.75. The molecule has 0 saturated carbocycles. The number of unbranched alkanes of at least 4 members (excludes halogenated alkanes) is 1. The van der Waals surface area contributed by atoms with Gasteiger partial charge in [-0.3, -0.25) is 0 Å². The number of ether oxygens (including phenoxy) is 1. The van der Waals surface area contributed by atoms with Gasteiger partial charge in [0.05, 0.1) is 0 Å². The van der Waals surface area contributed by atoms with E-state index in [1.54, 1.807) is 6.20 Å². The monoisotopic (exact) mass is 349 g/mol. The molecule has 2 atom stereocenters. The van der Waals surface area contributed by atoms with Gasteiger partial charge >= 0.3 is 6.09 Å². The fraction of sp³-hybridized carbons (Fsp3) is 0.412. The van der Waals surface area contributed by atoms with Gasteiger partial charge < -0.3 is 20.9 Å². The molecule has 7 heteroatoms. The zero-order valence-electron chi connectivity index (χ0n) is 13.4. The number of benzene rings is 1. The van der Waals surface area contributed by atoms with E-state index in [0.29, 0.717) is 18.0 Å². The smallest absolute Gasteiger partial charge is 0.407 e. The Bertz CT molecular complexity index is 592. The van der Waals surface area contributed by atoms with Crippen molar-refractivity contribution in [1.29, 1.82) is 0 Å². The van der Waals surface area contributed by atoms with Crippen LogP contribution >= 0.6 is 11.3 Å². The molecule has 24 heavy (non-hydrogen) atoms. The van der Waals surface area contributed by atoms with Crippen LogP contribution in [0, 0.1) is 0 Å². The Morgan fingerprint density at radius 1 is 1.33 bits per heavy atom. The SMILES string of the molecule is NC(CCCCNC(=O)OCc1ccccc1)C(O)c1nccs1. The highest BCUT2D eigenvalue weighted by Crippen LogP contribution is 2.20. The first-order chi connectivity index (χ1) is 11.7.